The van der Waals surface area contributed by atoms with E-state index in [1.165, 1.54) is 11.0 Å². The summed E-state index contributed by atoms with van der Waals surface area (Å²) in [6, 6.07) is 3.48. The fourth-order valence-electron chi connectivity index (χ4n) is 2.31. The smallest absolute Gasteiger partial charge is 0.247 e. The van der Waals surface area contributed by atoms with E-state index < -0.39 is 0 Å². The van der Waals surface area contributed by atoms with E-state index in [9.17, 15) is 9.59 Å². The van der Waals surface area contributed by atoms with Crippen molar-refractivity contribution in [2.24, 2.45) is 0 Å². The molecule has 1 aliphatic rings. The van der Waals surface area contributed by atoms with Gasteiger partial charge in [0.15, 0.2) is 5.82 Å². The van der Waals surface area contributed by atoms with Crippen LogP contribution in [0.4, 0.5) is 5.82 Å². The zero-order valence-electron chi connectivity index (χ0n) is 11.2. The Morgan fingerprint density at radius 2 is 2.24 bits per heavy atom. The third-order valence-electron chi connectivity index (χ3n) is 3.39. The van der Waals surface area contributed by atoms with Crippen LogP contribution in [0.1, 0.15) is 0 Å². The molecule has 6 nitrogen and oxygen atoms in total. The number of pyridine rings is 1. The molecule has 0 saturated carbocycles. The summed E-state index contributed by atoms with van der Waals surface area (Å²) in [6.45, 7) is 4.35. The molecule has 0 N–H and O–H groups in total. The van der Waals surface area contributed by atoms with Crippen LogP contribution in [0.2, 0.25) is 5.02 Å². The third-order valence-corrected chi connectivity index (χ3v) is 3.63. The van der Waals surface area contributed by atoms with Crippen molar-refractivity contribution in [3.63, 3.8) is 0 Å². The maximum atomic E-state index is 12.2. The van der Waals surface area contributed by atoms with Crippen molar-refractivity contribution >= 4 is 34.9 Å². The van der Waals surface area contributed by atoms with E-state index in [1.54, 1.807) is 33.8 Å². The molecule has 3 rings (SSSR count). The van der Waals surface area contributed by atoms with E-state index in [0.717, 1.165) is 0 Å². The van der Waals surface area contributed by atoms with Crippen LogP contribution in [-0.2, 0) is 9.59 Å². The first-order valence-corrected chi connectivity index (χ1v) is 6.82. The van der Waals surface area contributed by atoms with E-state index >= 15 is 0 Å². The Hall–Kier alpha value is -2.34. The topological polar surface area (TPSA) is 57.9 Å². The summed E-state index contributed by atoms with van der Waals surface area (Å²) >= 11 is 5.92. The number of carbonyl (C=O) groups excluding carboxylic acids is 2. The maximum Gasteiger partial charge on any atom is 0.247 e. The maximum absolute atomic E-state index is 12.2. The second-order valence-corrected chi connectivity index (χ2v) is 5.16. The molecule has 0 radical (unpaired) electrons. The van der Waals surface area contributed by atoms with Crippen molar-refractivity contribution < 1.29 is 9.59 Å². The minimum atomic E-state index is -0.232. The second-order valence-electron chi connectivity index (χ2n) is 4.72. The highest BCUT2D eigenvalue weighted by Gasteiger charge is 2.28. The second kappa shape index (κ2) is 5.21. The van der Waals surface area contributed by atoms with Crippen LogP contribution in [0.5, 0.6) is 0 Å². The van der Waals surface area contributed by atoms with Gasteiger partial charge in [-0.2, -0.15) is 0 Å². The monoisotopic (exact) mass is 304 g/mol. The van der Waals surface area contributed by atoms with Crippen molar-refractivity contribution in [3.05, 3.63) is 42.2 Å². The molecular formula is C14H13ClN4O2. The fourth-order valence-corrected chi connectivity index (χ4v) is 2.46. The van der Waals surface area contributed by atoms with Crippen LogP contribution < -0.4 is 4.90 Å². The van der Waals surface area contributed by atoms with Crippen LogP contribution in [0, 0.1) is 0 Å². The Morgan fingerprint density at radius 3 is 2.95 bits per heavy atom. The van der Waals surface area contributed by atoms with Gasteiger partial charge in [-0.25, -0.2) is 4.98 Å². The van der Waals surface area contributed by atoms with E-state index in [0.29, 0.717) is 29.6 Å². The fraction of sp³-hybridized carbons (Fsp3) is 0.214. The van der Waals surface area contributed by atoms with Gasteiger partial charge in [-0.3, -0.25) is 14.5 Å². The Kier molecular flexibility index (Phi) is 3.39. The lowest BCUT2D eigenvalue weighted by Gasteiger charge is -2.32. The molecule has 108 valence electrons. The van der Waals surface area contributed by atoms with Gasteiger partial charge < -0.3 is 9.30 Å². The zero-order chi connectivity index (χ0) is 15.0. The number of carbonyl (C=O) groups is 2. The highest BCUT2D eigenvalue weighted by Crippen LogP contribution is 2.19. The summed E-state index contributed by atoms with van der Waals surface area (Å²) < 4.78 is 1.80. The lowest BCUT2D eigenvalue weighted by molar-refractivity contribution is -0.133. The number of piperazine rings is 1. The summed E-state index contributed by atoms with van der Waals surface area (Å²) in [7, 11) is 0. The predicted molar refractivity (Wildman–Crippen MR) is 79.3 cm³/mol. The molecule has 2 aromatic rings. The van der Waals surface area contributed by atoms with E-state index in [2.05, 4.69) is 11.6 Å². The summed E-state index contributed by atoms with van der Waals surface area (Å²) in [6.07, 6.45) is 4.78. The normalized spacial score (nSPS) is 15.6. The number of imidazole rings is 1. The Bertz CT molecular complexity index is 740. The average Bonchev–Trinajstić information content (AvgIpc) is 2.88. The Labute approximate surface area is 126 Å². The number of amides is 2. The zero-order valence-corrected chi connectivity index (χ0v) is 12.0. The third kappa shape index (κ3) is 2.50. The van der Waals surface area contributed by atoms with Gasteiger partial charge in [0.25, 0.3) is 0 Å². The summed E-state index contributed by atoms with van der Waals surface area (Å²) in [5, 5.41) is 0.590. The first kappa shape index (κ1) is 13.6. The SMILES string of the molecule is C=CC(=O)N1CCN(c2cn3ccc(Cl)cc3n2)C(=O)C1. The first-order valence-electron chi connectivity index (χ1n) is 6.44. The number of rotatable bonds is 2. The molecule has 1 fully saturated rings. The molecule has 0 aliphatic carbocycles. The molecule has 2 amide bonds. The molecule has 0 unspecified atom stereocenters. The molecule has 0 atom stereocenters. The number of hydrogen-bond donors (Lipinski definition) is 0. The molecule has 1 saturated heterocycles. The first-order chi connectivity index (χ1) is 10.1. The van der Waals surface area contributed by atoms with Gasteiger partial charge in [0.1, 0.15) is 12.2 Å². The number of aromatic nitrogens is 2. The molecule has 7 heteroatoms. The lowest BCUT2D eigenvalue weighted by Crippen LogP contribution is -2.52. The molecule has 0 spiro atoms. The number of halogens is 1. The van der Waals surface area contributed by atoms with Gasteiger partial charge in [0.2, 0.25) is 11.8 Å². The van der Waals surface area contributed by atoms with Crippen LogP contribution in [-0.4, -0.2) is 45.7 Å². The summed E-state index contributed by atoms with van der Waals surface area (Å²) in [5.74, 6) is 0.170. The molecule has 0 aromatic carbocycles. The van der Waals surface area contributed by atoms with E-state index in [-0.39, 0.29) is 18.4 Å². The van der Waals surface area contributed by atoms with Crippen LogP contribution in [0.25, 0.3) is 5.65 Å². The lowest BCUT2D eigenvalue weighted by atomic mass is 10.3. The van der Waals surface area contributed by atoms with Crippen molar-refractivity contribution in [2.75, 3.05) is 24.5 Å². The van der Waals surface area contributed by atoms with Crippen molar-refractivity contribution in [1.29, 1.82) is 0 Å². The Morgan fingerprint density at radius 1 is 1.43 bits per heavy atom. The van der Waals surface area contributed by atoms with Gasteiger partial charge in [0.05, 0.1) is 6.20 Å². The Balaban J connectivity index is 1.85. The van der Waals surface area contributed by atoms with Crippen molar-refractivity contribution in [2.45, 2.75) is 0 Å². The number of hydrogen-bond acceptors (Lipinski definition) is 3. The van der Waals surface area contributed by atoms with Crippen molar-refractivity contribution in [1.82, 2.24) is 14.3 Å². The highest BCUT2D eigenvalue weighted by atomic mass is 35.5. The van der Waals surface area contributed by atoms with Crippen molar-refractivity contribution in [3.8, 4) is 0 Å². The van der Waals surface area contributed by atoms with Gasteiger partial charge in [-0.15, -0.1) is 0 Å². The van der Waals surface area contributed by atoms with Crippen LogP contribution in [0.3, 0.4) is 0 Å². The van der Waals surface area contributed by atoms with E-state index in [4.69, 9.17) is 11.6 Å². The quantitative estimate of drug-likeness (QED) is 0.787. The highest BCUT2D eigenvalue weighted by molar-refractivity contribution is 6.30. The average molecular weight is 305 g/mol. The largest absolute Gasteiger partial charge is 0.328 e. The van der Waals surface area contributed by atoms with Crippen LogP contribution >= 0.6 is 11.6 Å². The predicted octanol–water partition coefficient (Wildman–Crippen LogP) is 1.35. The summed E-state index contributed by atoms with van der Waals surface area (Å²) in [4.78, 5) is 31.2. The van der Waals surface area contributed by atoms with Gasteiger partial charge in [-0.1, -0.05) is 18.2 Å². The molecule has 2 aromatic heterocycles. The minimum Gasteiger partial charge on any atom is -0.328 e. The molecular weight excluding hydrogens is 292 g/mol. The molecule has 3 heterocycles. The minimum absolute atomic E-state index is 0.0412. The summed E-state index contributed by atoms with van der Waals surface area (Å²) in [5.41, 5.74) is 0.676. The molecule has 1 aliphatic heterocycles. The number of fused-ring (bicyclic) bond motifs is 1. The van der Waals surface area contributed by atoms with Gasteiger partial charge in [0, 0.05) is 30.4 Å². The van der Waals surface area contributed by atoms with E-state index in [1.807, 2.05) is 0 Å². The van der Waals surface area contributed by atoms with Gasteiger partial charge in [-0.05, 0) is 12.1 Å². The number of nitrogens with zero attached hydrogens (tertiary/aromatic N) is 4. The number of anilines is 1. The molecule has 0 bridgehead atoms. The van der Waals surface area contributed by atoms with Gasteiger partial charge >= 0.3 is 0 Å². The molecule has 21 heavy (non-hydrogen) atoms. The standard InChI is InChI=1S/C14H13ClN4O2/c1-2-13(20)18-5-6-19(14(21)9-18)12-8-17-4-3-10(15)7-11(17)16-12/h2-4,7-8H,1,5-6,9H2. The van der Waals surface area contributed by atoms with Crippen LogP contribution in [0.15, 0.2) is 37.2 Å².